The predicted octanol–water partition coefficient (Wildman–Crippen LogP) is 1.81. The van der Waals surface area contributed by atoms with Crippen molar-refractivity contribution in [1.82, 2.24) is 0 Å². The first-order valence-electron chi connectivity index (χ1n) is 7.21. The van der Waals surface area contributed by atoms with Crippen LogP contribution in [0.2, 0.25) is 0 Å². The third-order valence-electron chi connectivity index (χ3n) is 3.66. The standard InChI is InChI=1S/C15H20FNO4S/c1-21-7-2-8-22(19,20)15-10-12(16)9-13(11-15)17-5-3-14(18)4-6-17/h9-11H,2-8H2,1H3. The number of rotatable bonds is 6. The predicted molar refractivity (Wildman–Crippen MR) is 81.4 cm³/mol. The molecule has 0 saturated carbocycles. The van der Waals surface area contributed by atoms with Crippen LogP contribution in [0.5, 0.6) is 0 Å². The fraction of sp³-hybridized carbons (Fsp3) is 0.533. The van der Waals surface area contributed by atoms with Crippen molar-refractivity contribution in [2.24, 2.45) is 0 Å². The van der Waals surface area contributed by atoms with E-state index in [0.29, 0.717) is 44.6 Å². The van der Waals surface area contributed by atoms with Gasteiger partial charge in [-0.2, -0.15) is 0 Å². The van der Waals surface area contributed by atoms with Crippen LogP contribution in [0.25, 0.3) is 0 Å². The van der Waals surface area contributed by atoms with Gasteiger partial charge in [-0.05, 0) is 24.6 Å². The third-order valence-corrected chi connectivity index (χ3v) is 5.44. The minimum atomic E-state index is -3.54. The van der Waals surface area contributed by atoms with Crippen molar-refractivity contribution >= 4 is 21.3 Å². The highest BCUT2D eigenvalue weighted by Gasteiger charge is 2.21. The molecule has 5 nitrogen and oxygen atoms in total. The first-order valence-corrected chi connectivity index (χ1v) is 8.86. The topological polar surface area (TPSA) is 63.7 Å². The van der Waals surface area contributed by atoms with Gasteiger partial charge in [-0.25, -0.2) is 12.8 Å². The van der Waals surface area contributed by atoms with E-state index in [1.807, 2.05) is 4.90 Å². The van der Waals surface area contributed by atoms with Crippen molar-refractivity contribution in [1.29, 1.82) is 0 Å². The number of benzene rings is 1. The summed E-state index contributed by atoms with van der Waals surface area (Å²) >= 11 is 0. The molecule has 1 aromatic carbocycles. The van der Waals surface area contributed by atoms with Gasteiger partial charge in [0.1, 0.15) is 11.6 Å². The number of carbonyl (C=O) groups excluding carboxylic acids is 1. The lowest BCUT2D eigenvalue weighted by Crippen LogP contribution is -2.33. The first kappa shape index (κ1) is 16.9. The monoisotopic (exact) mass is 329 g/mol. The second kappa shape index (κ2) is 7.19. The lowest BCUT2D eigenvalue weighted by Gasteiger charge is -2.28. The molecular formula is C15H20FNO4S. The Morgan fingerprint density at radius 3 is 2.55 bits per heavy atom. The molecule has 22 heavy (non-hydrogen) atoms. The number of methoxy groups -OCH3 is 1. The average Bonchev–Trinajstić information content (AvgIpc) is 2.47. The van der Waals surface area contributed by atoms with Gasteiger partial charge in [0.15, 0.2) is 9.84 Å². The summed E-state index contributed by atoms with van der Waals surface area (Å²) in [5, 5.41) is 0. The molecule has 0 N–H and O–H groups in total. The summed E-state index contributed by atoms with van der Waals surface area (Å²) in [6.07, 6.45) is 1.18. The van der Waals surface area contributed by atoms with Crippen LogP contribution in [0.3, 0.4) is 0 Å². The average molecular weight is 329 g/mol. The number of nitrogens with zero attached hydrogens (tertiary/aromatic N) is 1. The van der Waals surface area contributed by atoms with E-state index >= 15 is 0 Å². The number of anilines is 1. The molecule has 0 atom stereocenters. The second-order valence-electron chi connectivity index (χ2n) is 5.34. The summed E-state index contributed by atoms with van der Waals surface area (Å²) < 4.78 is 43.1. The summed E-state index contributed by atoms with van der Waals surface area (Å²) in [5.41, 5.74) is 0.512. The summed E-state index contributed by atoms with van der Waals surface area (Å²) in [4.78, 5) is 13.1. The Hall–Kier alpha value is -1.47. The van der Waals surface area contributed by atoms with E-state index in [9.17, 15) is 17.6 Å². The van der Waals surface area contributed by atoms with Crippen molar-refractivity contribution in [3.63, 3.8) is 0 Å². The van der Waals surface area contributed by atoms with E-state index in [0.717, 1.165) is 6.07 Å². The van der Waals surface area contributed by atoms with Gasteiger partial charge in [-0.15, -0.1) is 0 Å². The number of sulfone groups is 1. The summed E-state index contributed by atoms with van der Waals surface area (Å²) in [7, 11) is -2.04. The molecule has 1 saturated heterocycles. The molecule has 0 aliphatic carbocycles. The molecule has 122 valence electrons. The zero-order valence-corrected chi connectivity index (χ0v) is 13.4. The molecule has 1 aliphatic rings. The molecular weight excluding hydrogens is 309 g/mol. The van der Waals surface area contributed by atoms with E-state index in [4.69, 9.17) is 4.74 Å². The second-order valence-corrected chi connectivity index (χ2v) is 7.45. The zero-order valence-electron chi connectivity index (χ0n) is 12.5. The number of ketones is 1. The molecule has 0 aromatic heterocycles. The fourth-order valence-corrected chi connectivity index (χ4v) is 3.76. The molecule has 0 radical (unpaired) electrons. The Morgan fingerprint density at radius 1 is 1.23 bits per heavy atom. The lowest BCUT2D eigenvalue weighted by atomic mass is 10.1. The maximum atomic E-state index is 13.8. The van der Waals surface area contributed by atoms with Crippen LogP contribution in [0.1, 0.15) is 19.3 Å². The fourth-order valence-electron chi connectivity index (χ4n) is 2.44. The molecule has 2 rings (SSSR count). The van der Waals surface area contributed by atoms with Crippen LogP contribution in [0, 0.1) is 5.82 Å². The smallest absolute Gasteiger partial charge is 0.178 e. The van der Waals surface area contributed by atoms with Crippen molar-refractivity contribution < 1.29 is 22.3 Å². The minimum Gasteiger partial charge on any atom is -0.385 e. The highest BCUT2D eigenvalue weighted by atomic mass is 32.2. The van der Waals surface area contributed by atoms with Crippen LogP contribution >= 0.6 is 0 Å². The van der Waals surface area contributed by atoms with Crippen LogP contribution in [-0.4, -0.2) is 46.8 Å². The van der Waals surface area contributed by atoms with Crippen molar-refractivity contribution in [2.75, 3.05) is 37.5 Å². The van der Waals surface area contributed by atoms with Gasteiger partial charge >= 0.3 is 0 Å². The van der Waals surface area contributed by atoms with E-state index < -0.39 is 15.7 Å². The minimum absolute atomic E-state index is 0.0181. The number of hydrogen-bond acceptors (Lipinski definition) is 5. The third kappa shape index (κ3) is 4.27. The van der Waals surface area contributed by atoms with Crippen LogP contribution < -0.4 is 4.90 Å². The van der Waals surface area contributed by atoms with Gasteiger partial charge in [0.05, 0.1) is 10.6 Å². The Bertz CT molecular complexity index is 635. The summed E-state index contributed by atoms with van der Waals surface area (Å²) in [5.74, 6) is -0.484. The van der Waals surface area contributed by atoms with E-state index in [-0.39, 0.29) is 16.4 Å². The quantitative estimate of drug-likeness (QED) is 0.745. The summed E-state index contributed by atoms with van der Waals surface area (Å²) in [6, 6.07) is 3.84. The molecule has 7 heteroatoms. The van der Waals surface area contributed by atoms with Gasteiger partial charge < -0.3 is 9.64 Å². The Labute approximate surface area is 130 Å². The number of Topliss-reactive ketones (excluding diaryl/α,β-unsaturated/α-hetero) is 1. The van der Waals surface area contributed by atoms with Gasteiger partial charge in [0, 0.05) is 45.3 Å². The molecule has 1 aliphatic heterocycles. The summed E-state index contributed by atoms with van der Waals surface area (Å²) in [6.45, 7) is 1.33. The van der Waals surface area contributed by atoms with E-state index in [1.54, 1.807) is 0 Å². The van der Waals surface area contributed by atoms with E-state index in [2.05, 4.69) is 0 Å². The molecule has 0 amide bonds. The Balaban J connectivity index is 2.21. The molecule has 1 aromatic rings. The van der Waals surface area contributed by atoms with Gasteiger partial charge in [-0.3, -0.25) is 4.79 Å². The van der Waals surface area contributed by atoms with Crippen molar-refractivity contribution in [3.8, 4) is 0 Å². The Kier molecular flexibility index (Phi) is 5.52. The van der Waals surface area contributed by atoms with E-state index in [1.165, 1.54) is 19.2 Å². The lowest BCUT2D eigenvalue weighted by molar-refractivity contribution is -0.119. The largest absolute Gasteiger partial charge is 0.385 e. The normalized spacial score (nSPS) is 16.1. The molecule has 1 heterocycles. The maximum Gasteiger partial charge on any atom is 0.178 e. The molecule has 0 bridgehead atoms. The number of halogens is 1. The van der Waals surface area contributed by atoms with Gasteiger partial charge in [0.25, 0.3) is 0 Å². The molecule has 0 spiro atoms. The first-order chi connectivity index (χ1) is 10.4. The number of carbonyl (C=O) groups is 1. The number of ether oxygens (including phenoxy) is 1. The molecule has 1 fully saturated rings. The highest BCUT2D eigenvalue weighted by molar-refractivity contribution is 7.91. The van der Waals surface area contributed by atoms with Gasteiger partial charge in [-0.1, -0.05) is 0 Å². The SMILES string of the molecule is COCCCS(=O)(=O)c1cc(F)cc(N2CCC(=O)CC2)c1. The highest BCUT2D eigenvalue weighted by Crippen LogP contribution is 2.25. The Morgan fingerprint density at radius 2 is 1.91 bits per heavy atom. The van der Waals surface area contributed by atoms with Crippen LogP contribution in [0.4, 0.5) is 10.1 Å². The van der Waals surface area contributed by atoms with Crippen molar-refractivity contribution in [3.05, 3.63) is 24.0 Å². The number of piperidine rings is 1. The molecule has 0 unspecified atom stereocenters. The van der Waals surface area contributed by atoms with Crippen molar-refractivity contribution in [2.45, 2.75) is 24.2 Å². The van der Waals surface area contributed by atoms with Crippen LogP contribution in [-0.2, 0) is 19.4 Å². The number of hydrogen-bond donors (Lipinski definition) is 0. The zero-order chi connectivity index (χ0) is 16.2. The van der Waals surface area contributed by atoms with Gasteiger partial charge in [0.2, 0.25) is 0 Å². The van der Waals surface area contributed by atoms with Crippen LogP contribution in [0.15, 0.2) is 23.1 Å². The maximum absolute atomic E-state index is 13.8.